The van der Waals surface area contributed by atoms with Gasteiger partial charge in [0.1, 0.15) is 0 Å². The van der Waals surface area contributed by atoms with Crippen molar-refractivity contribution >= 4 is 11.5 Å². The van der Waals surface area contributed by atoms with E-state index in [1.54, 1.807) is 24.3 Å². The SMILES string of the molecule is [N-]=[N+]=Nc1ccc(C(=O)CN2CCOCC2)cc1. The third kappa shape index (κ3) is 3.30. The Kier molecular flexibility index (Phi) is 4.30. The minimum atomic E-state index is 0.0735. The van der Waals surface area contributed by atoms with Crippen LogP contribution in [0.4, 0.5) is 5.69 Å². The summed E-state index contributed by atoms with van der Waals surface area (Å²) >= 11 is 0. The van der Waals surface area contributed by atoms with Gasteiger partial charge in [-0.15, -0.1) is 0 Å². The van der Waals surface area contributed by atoms with Gasteiger partial charge in [0.2, 0.25) is 0 Å². The standard InChI is InChI=1S/C12H14N4O2/c13-15-14-11-3-1-10(2-4-11)12(17)9-16-5-7-18-8-6-16/h1-4H,5-9H2. The Balaban J connectivity index is 1.97. The van der Waals surface area contributed by atoms with Crippen LogP contribution in [-0.2, 0) is 4.74 Å². The molecule has 6 heteroatoms. The minimum absolute atomic E-state index is 0.0735. The Labute approximate surface area is 105 Å². The first-order valence-corrected chi connectivity index (χ1v) is 5.78. The summed E-state index contributed by atoms with van der Waals surface area (Å²) in [5, 5.41) is 3.47. The number of benzene rings is 1. The molecule has 6 nitrogen and oxygen atoms in total. The van der Waals surface area contributed by atoms with Crippen molar-refractivity contribution in [2.24, 2.45) is 5.11 Å². The van der Waals surface area contributed by atoms with Gasteiger partial charge in [-0.05, 0) is 5.53 Å². The summed E-state index contributed by atoms with van der Waals surface area (Å²) in [4.78, 5) is 16.8. The van der Waals surface area contributed by atoms with Crippen molar-refractivity contribution in [3.8, 4) is 0 Å². The molecule has 1 saturated heterocycles. The zero-order valence-corrected chi connectivity index (χ0v) is 9.95. The molecule has 1 aliphatic heterocycles. The van der Waals surface area contributed by atoms with E-state index in [4.69, 9.17) is 10.3 Å². The van der Waals surface area contributed by atoms with Crippen LogP contribution >= 0.6 is 0 Å². The Morgan fingerprint density at radius 1 is 1.33 bits per heavy atom. The lowest BCUT2D eigenvalue weighted by molar-refractivity contribution is 0.0371. The van der Waals surface area contributed by atoms with Crippen molar-refractivity contribution in [2.75, 3.05) is 32.8 Å². The summed E-state index contributed by atoms with van der Waals surface area (Å²) in [7, 11) is 0. The van der Waals surface area contributed by atoms with Gasteiger partial charge < -0.3 is 4.74 Å². The molecule has 1 heterocycles. The number of ketones is 1. The summed E-state index contributed by atoms with van der Waals surface area (Å²) in [5.74, 6) is 0.0735. The van der Waals surface area contributed by atoms with E-state index in [-0.39, 0.29) is 5.78 Å². The lowest BCUT2D eigenvalue weighted by atomic mass is 10.1. The highest BCUT2D eigenvalue weighted by molar-refractivity contribution is 5.97. The third-order valence-electron chi connectivity index (χ3n) is 2.82. The Bertz CT molecular complexity index is 459. The highest BCUT2D eigenvalue weighted by Crippen LogP contribution is 2.14. The summed E-state index contributed by atoms with van der Waals surface area (Å²) in [6, 6.07) is 6.66. The van der Waals surface area contributed by atoms with Crippen molar-refractivity contribution in [1.29, 1.82) is 0 Å². The van der Waals surface area contributed by atoms with Gasteiger partial charge in [0.15, 0.2) is 5.78 Å². The first kappa shape index (κ1) is 12.6. The maximum atomic E-state index is 12.0. The van der Waals surface area contributed by atoms with Gasteiger partial charge in [0.25, 0.3) is 0 Å². The fourth-order valence-electron chi connectivity index (χ4n) is 1.82. The number of rotatable bonds is 4. The van der Waals surface area contributed by atoms with Gasteiger partial charge >= 0.3 is 0 Å². The molecule has 0 amide bonds. The predicted octanol–water partition coefficient (Wildman–Crippen LogP) is 2.14. The maximum absolute atomic E-state index is 12.0. The number of carbonyl (C=O) groups excluding carboxylic acids is 1. The normalized spacial score (nSPS) is 16.0. The zero-order valence-electron chi connectivity index (χ0n) is 9.95. The number of hydrogen-bond donors (Lipinski definition) is 0. The average molecular weight is 246 g/mol. The molecule has 0 saturated carbocycles. The molecule has 1 aliphatic rings. The Morgan fingerprint density at radius 3 is 2.61 bits per heavy atom. The largest absolute Gasteiger partial charge is 0.379 e. The molecule has 94 valence electrons. The molecule has 0 bridgehead atoms. The molecule has 0 N–H and O–H groups in total. The molecule has 0 unspecified atom stereocenters. The quantitative estimate of drug-likeness (QED) is 0.353. The van der Waals surface area contributed by atoms with Crippen LogP contribution < -0.4 is 0 Å². The second-order valence-corrected chi connectivity index (χ2v) is 4.05. The second kappa shape index (κ2) is 6.16. The van der Waals surface area contributed by atoms with E-state index >= 15 is 0 Å². The molecule has 0 atom stereocenters. The summed E-state index contributed by atoms with van der Waals surface area (Å²) in [6.45, 7) is 3.36. The molecule has 0 radical (unpaired) electrons. The van der Waals surface area contributed by atoms with E-state index in [1.165, 1.54) is 0 Å². The van der Waals surface area contributed by atoms with Gasteiger partial charge in [-0.25, -0.2) is 0 Å². The van der Waals surface area contributed by atoms with Gasteiger partial charge in [-0.3, -0.25) is 9.69 Å². The van der Waals surface area contributed by atoms with Gasteiger partial charge in [0, 0.05) is 29.3 Å². The second-order valence-electron chi connectivity index (χ2n) is 4.05. The smallest absolute Gasteiger partial charge is 0.176 e. The number of hydrogen-bond acceptors (Lipinski definition) is 4. The first-order valence-electron chi connectivity index (χ1n) is 5.78. The summed E-state index contributed by atoms with van der Waals surface area (Å²) < 4.78 is 5.23. The van der Waals surface area contributed by atoms with E-state index in [0.717, 1.165) is 13.1 Å². The molecule has 0 aromatic heterocycles. The summed E-state index contributed by atoms with van der Waals surface area (Å²) in [6.07, 6.45) is 0. The van der Waals surface area contributed by atoms with Crippen LogP contribution in [0.3, 0.4) is 0 Å². The van der Waals surface area contributed by atoms with E-state index < -0.39 is 0 Å². The van der Waals surface area contributed by atoms with Gasteiger partial charge in [-0.1, -0.05) is 29.4 Å². The average Bonchev–Trinajstić information content (AvgIpc) is 2.41. The highest BCUT2D eigenvalue weighted by Gasteiger charge is 2.15. The van der Waals surface area contributed by atoms with E-state index in [9.17, 15) is 4.79 Å². The molecular formula is C12H14N4O2. The molecule has 18 heavy (non-hydrogen) atoms. The molecule has 1 aromatic rings. The number of nitrogens with zero attached hydrogens (tertiary/aromatic N) is 4. The van der Waals surface area contributed by atoms with Crippen LogP contribution in [0.15, 0.2) is 29.4 Å². The minimum Gasteiger partial charge on any atom is -0.379 e. The Morgan fingerprint density at radius 2 is 2.00 bits per heavy atom. The topological polar surface area (TPSA) is 78.3 Å². The van der Waals surface area contributed by atoms with Gasteiger partial charge in [0.05, 0.1) is 19.8 Å². The van der Waals surface area contributed by atoms with Crippen molar-refractivity contribution in [2.45, 2.75) is 0 Å². The fraction of sp³-hybridized carbons (Fsp3) is 0.417. The Hall–Kier alpha value is -1.88. The maximum Gasteiger partial charge on any atom is 0.176 e. The molecule has 2 rings (SSSR count). The van der Waals surface area contributed by atoms with Crippen LogP contribution in [-0.4, -0.2) is 43.5 Å². The van der Waals surface area contributed by atoms with Crippen LogP contribution in [0.5, 0.6) is 0 Å². The lowest BCUT2D eigenvalue weighted by Gasteiger charge is -2.25. The number of Topliss-reactive ketones (excluding diaryl/α,β-unsaturated/α-hetero) is 1. The number of ether oxygens (including phenoxy) is 1. The molecular weight excluding hydrogens is 232 g/mol. The van der Waals surface area contributed by atoms with Crippen molar-refractivity contribution in [1.82, 2.24) is 4.90 Å². The number of azide groups is 1. The first-order chi connectivity index (χ1) is 8.79. The number of morpholine rings is 1. The highest BCUT2D eigenvalue weighted by atomic mass is 16.5. The van der Waals surface area contributed by atoms with Gasteiger partial charge in [-0.2, -0.15) is 0 Å². The molecule has 1 aromatic carbocycles. The van der Waals surface area contributed by atoms with E-state index in [0.29, 0.717) is 31.0 Å². The van der Waals surface area contributed by atoms with E-state index in [2.05, 4.69) is 14.9 Å². The monoisotopic (exact) mass is 246 g/mol. The number of carbonyl (C=O) groups is 1. The van der Waals surface area contributed by atoms with Crippen molar-refractivity contribution in [3.05, 3.63) is 40.3 Å². The van der Waals surface area contributed by atoms with Crippen LogP contribution in [0.1, 0.15) is 10.4 Å². The predicted molar refractivity (Wildman–Crippen MR) is 66.8 cm³/mol. The fourth-order valence-corrected chi connectivity index (χ4v) is 1.82. The zero-order chi connectivity index (χ0) is 12.8. The lowest BCUT2D eigenvalue weighted by Crippen LogP contribution is -2.39. The van der Waals surface area contributed by atoms with E-state index in [1.807, 2.05) is 0 Å². The van der Waals surface area contributed by atoms with Crippen LogP contribution in [0, 0.1) is 0 Å². The van der Waals surface area contributed by atoms with Crippen molar-refractivity contribution < 1.29 is 9.53 Å². The summed E-state index contributed by atoms with van der Waals surface area (Å²) in [5.41, 5.74) is 9.44. The third-order valence-corrected chi connectivity index (χ3v) is 2.82. The molecule has 0 aliphatic carbocycles. The van der Waals surface area contributed by atoms with Crippen LogP contribution in [0.2, 0.25) is 0 Å². The molecule has 1 fully saturated rings. The molecule has 0 spiro atoms. The van der Waals surface area contributed by atoms with Crippen molar-refractivity contribution in [3.63, 3.8) is 0 Å². The van der Waals surface area contributed by atoms with Crippen LogP contribution in [0.25, 0.3) is 10.4 Å².